The normalized spacial score (nSPS) is 11.8. The Morgan fingerprint density at radius 1 is 0.439 bits per heavy atom. The van der Waals surface area contributed by atoms with Crippen molar-refractivity contribution < 1.29 is 9.59 Å². The van der Waals surface area contributed by atoms with Gasteiger partial charge in [-0.15, -0.1) is 0 Å². The first kappa shape index (κ1) is 39.4. The number of ketones is 2. The zero-order valence-corrected chi connectivity index (χ0v) is 34.6. The molecule has 0 bridgehead atoms. The van der Waals surface area contributed by atoms with Crippen LogP contribution >= 0.6 is 27.7 Å². The second-order valence-electron chi connectivity index (χ2n) is 13.5. The Bertz CT molecular complexity index is 2380. The van der Waals surface area contributed by atoms with Gasteiger partial charge in [0.05, 0.1) is 0 Å². The molecule has 0 aliphatic carbocycles. The van der Waals surface area contributed by atoms with Crippen molar-refractivity contribution >= 4 is 76.9 Å². The molecule has 0 aliphatic heterocycles. The van der Waals surface area contributed by atoms with E-state index >= 15 is 0 Å². The number of halogens is 1. The van der Waals surface area contributed by atoms with E-state index < -0.39 is 12.2 Å². The molecule has 0 atom stereocenters. The van der Waals surface area contributed by atoms with Gasteiger partial charge in [0, 0.05) is 18.0 Å². The predicted octanol–water partition coefficient (Wildman–Crippen LogP) is 9.16. The molecule has 0 fully saturated rings. The molecule has 2 aromatic heterocycles. The number of benzene rings is 6. The molecular formula is C50H41BrN2O2P2. The van der Waals surface area contributed by atoms with Gasteiger partial charge in [-0.2, -0.15) is 0 Å². The van der Waals surface area contributed by atoms with Gasteiger partial charge in [-0.25, -0.2) is 0 Å². The van der Waals surface area contributed by atoms with Crippen molar-refractivity contribution in [2.45, 2.75) is 0 Å². The average Bonchev–Trinajstić information content (AvgIpc) is 3.30. The Hall–Kier alpha value is -5.83. The second kappa shape index (κ2) is 18.0. The summed E-state index contributed by atoms with van der Waals surface area (Å²) in [4.78, 5) is 35.0. The minimum absolute atomic E-state index is 0.0206. The van der Waals surface area contributed by atoms with Crippen LogP contribution in [0.5, 0.6) is 0 Å². The van der Waals surface area contributed by atoms with Crippen LogP contribution in [0.15, 0.2) is 231 Å². The Labute approximate surface area is 343 Å². The van der Waals surface area contributed by atoms with Gasteiger partial charge in [-0.3, -0.25) is 9.78 Å². The van der Waals surface area contributed by atoms with E-state index in [4.69, 9.17) is 0 Å². The summed E-state index contributed by atoms with van der Waals surface area (Å²) in [5, 5.41) is 3.65. The van der Waals surface area contributed by atoms with Crippen LogP contribution < -0.4 is 31.8 Å². The van der Waals surface area contributed by atoms with E-state index in [1.165, 1.54) is 0 Å². The van der Waals surface area contributed by atoms with Gasteiger partial charge < -0.3 is 0 Å². The molecule has 0 saturated carbocycles. The topological polar surface area (TPSA) is 59.9 Å². The summed E-state index contributed by atoms with van der Waals surface area (Å²) < 4.78 is 0. The molecule has 280 valence electrons. The van der Waals surface area contributed by atoms with Crippen LogP contribution in [-0.4, -0.2) is 33.5 Å². The van der Waals surface area contributed by atoms with Crippen LogP contribution in [-0.2, 0) is 0 Å². The van der Waals surface area contributed by atoms with E-state index in [1.807, 2.05) is 115 Å². The molecule has 8 aromatic rings. The molecule has 6 aromatic carbocycles. The van der Waals surface area contributed by atoms with E-state index in [9.17, 15) is 9.59 Å². The number of Topliss-reactive ketones (excluding diaryl/α,β-unsaturated/α-hetero) is 2. The van der Waals surface area contributed by atoms with Gasteiger partial charge in [0.15, 0.2) is 5.78 Å². The third-order valence-electron chi connectivity index (χ3n) is 10.1. The van der Waals surface area contributed by atoms with Crippen LogP contribution in [0, 0.1) is 0 Å². The maximum absolute atomic E-state index is 13.6. The van der Waals surface area contributed by atoms with Gasteiger partial charge in [0.2, 0.25) is 0 Å². The molecule has 4 nitrogen and oxygen atoms in total. The molecule has 0 spiro atoms. The van der Waals surface area contributed by atoms with Crippen molar-refractivity contribution in [2.24, 2.45) is 0 Å². The first-order chi connectivity index (χ1) is 27.9. The standard InChI is InChI=1S/C25H21BrNOP.C25H20NOP/c26-29(22-10-4-1-5-11-22,23-12-6-2-7-13-23,24-14-8-3-9-15-24)20-25(28)21-16-18-27-19-17-21;27-25(21-16-18-26-19-17-21)20-28(22-10-4-1-5-11-22,23-12-6-2-7-13-23)24-14-8-3-9-15-24/h1-19H,20H2;1-20H. The summed E-state index contributed by atoms with van der Waals surface area (Å²) in [6.07, 6.45) is 7.02. The molecule has 2 heterocycles. The molecule has 0 aliphatic rings. The number of hydrogen-bond acceptors (Lipinski definition) is 4. The summed E-state index contributed by atoms with van der Waals surface area (Å²) >= 11 is 4.31. The zero-order chi connectivity index (χ0) is 39.4. The molecule has 0 unspecified atom stereocenters. The molecule has 0 saturated heterocycles. The predicted molar refractivity (Wildman–Crippen MR) is 247 cm³/mol. The molecule has 8 rings (SSSR count). The third-order valence-corrected chi connectivity index (χ3v) is 23.5. The third kappa shape index (κ3) is 8.20. The van der Waals surface area contributed by atoms with Crippen molar-refractivity contribution in [3.05, 3.63) is 242 Å². The fourth-order valence-electron chi connectivity index (χ4n) is 7.26. The van der Waals surface area contributed by atoms with Crippen LogP contribution in [0.4, 0.5) is 0 Å². The van der Waals surface area contributed by atoms with E-state index in [-0.39, 0.29) is 11.6 Å². The number of hydrogen-bond donors (Lipinski definition) is 0. The fraction of sp³-hybridized carbons (Fsp3) is 0.0200. The van der Waals surface area contributed by atoms with Gasteiger partial charge in [0.25, 0.3) is 0 Å². The summed E-state index contributed by atoms with van der Waals surface area (Å²) in [7, 11) is 0. The Balaban J connectivity index is 0.000000174. The SMILES string of the molecule is O=C(C=P(c1ccccc1)(c1ccccc1)c1ccccc1)c1ccncc1.O=C(CP(Br)(c1ccccc1)(c1ccccc1)c1ccccc1)c1ccncc1. The summed E-state index contributed by atoms with van der Waals surface area (Å²) in [6, 6.07) is 69.3. The van der Waals surface area contributed by atoms with E-state index in [1.54, 1.807) is 49.1 Å². The summed E-state index contributed by atoms with van der Waals surface area (Å²) in [5.41, 5.74) is 1.33. The number of rotatable bonds is 11. The second-order valence-corrected chi connectivity index (χ2v) is 25.6. The van der Waals surface area contributed by atoms with Crippen molar-refractivity contribution in [1.29, 1.82) is 0 Å². The minimum atomic E-state index is -3.24. The Kier molecular flexibility index (Phi) is 12.4. The number of nitrogens with zero attached hydrogens (tertiary/aromatic N) is 2. The average molecular weight is 844 g/mol. The number of carbonyl (C=O) groups excluding carboxylic acids is 2. The number of pyridine rings is 2. The molecule has 57 heavy (non-hydrogen) atoms. The number of aromatic nitrogens is 2. The van der Waals surface area contributed by atoms with Crippen molar-refractivity contribution in [3.8, 4) is 0 Å². The van der Waals surface area contributed by atoms with E-state index in [0.29, 0.717) is 17.3 Å². The Morgan fingerprint density at radius 2 is 0.737 bits per heavy atom. The molecule has 7 heteroatoms. The van der Waals surface area contributed by atoms with E-state index in [0.717, 1.165) is 31.8 Å². The van der Waals surface area contributed by atoms with E-state index in [2.05, 4.69) is 98.3 Å². The van der Waals surface area contributed by atoms with Crippen LogP contribution in [0.2, 0.25) is 0 Å². The maximum atomic E-state index is 13.6. The number of carbonyl (C=O) groups is 2. The van der Waals surface area contributed by atoms with Crippen LogP contribution in [0.1, 0.15) is 20.7 Å². The molecular weight excluding hydrogens is 802 g/mol. The van der Waals surface area contributed by atoms with Crippen molar-refractivity contribution in [2.75, 3.05) is 6.16 Å². The summed E-state index contributed by atoms with van der Waals surface area (Å²) in [6.45, 7) is -2.27. The molecule has 0 N–H and O–H groups in total. The molecule has 0 amide bonds. The van der Waals surface area contributed by atoms with Gasteiger partial charge in [-0.05, 0) is 40.7 Å². The van der Waals surface area contributed by atoms with Crippen molar-refractivity contribution in [1.82, 2.24) is 9.97 Å². The quantitative estimate of drug-likeness (QED) is 0.0964. The molecule has 0 radical (unpaired) electrons. The summed E-state index contributed by atoms with van der Waals surface area (Å²) in [5.74, 6) is 2.06. The Morgan fingerprint density at radius 3 is 1.07 bits per heavy atom. The van der Waals surface area contributed by atoms with Gasteiger partial charge >= 0.3 is 180 Å². The fourth-order valence-corrected chi connectivity index (χ4v) is 18.4. The first-order valence-electron chi connectivity index (χ1n) is 18.6. The van der Waals surface area contributed by atoms with Gasteiger partial charge in [-0.1, -0.05) is 91.0 Å². The first-order valence-corrected chi connectivity index (χ1v) is 24.9. The van der Waals surface area contributed by atoms with Crippen molar-refractivity contribution in [3.63, 3.8) is 0 Å². The van der Waals surface area contributed by atoms with Gasteiger partial charge in [0.1, 0.15) is 0 Å². The van der Waals surface area contributed by atoms with Crippen LogP contribution in [0.3, 0.4) is 0 Å². The zero-order valence-electron chi connectivity index (χ0n) is 31.2. The van der Waals surface area contributed by atoms with Crippen LogP contribution in [0.25, 0.3) is 0 Å². The monoisotopic (exact) mass is 842 g/mol.